The molecule has 86 valence electrons. The number of thiophene rings is 1. The molecule has 0 spiro atoms. The van der Waals surface area contributed by atoms with Crippen LogP contribution in [-0.4, -0.2) is 34.0 Å². The first-order valence-electron chi connectivity index (χ1n) is 5.28. The molecule has 0 aliphatic rings. The average molecular weight is 237 g/mol. The van der Waals surface area contributed by atoms with Gasteiger partial charge in [-0.05, 0) is 31.1 Å². The third-order valence-electron chi connectivity index (χ3n) is 2.59. The number of ether oxygens (including phenoxy) is 1. The van der Waals surface area contributed by atoms with Gasteiger partial charge in [0, 0.05) is 13.1 Å². The number of nitrogens with zero attached hydrogens (tertiary/aromatic N) is 1. The maximum absolute atomic E-state index is 11.6. The minimum absolute atomic E-state index is 0.357. The van der Waals surface area contributed by atoms with E-state index in [4.69, 9.17) is 12.6 Å². The van der Waals surface area contributed by atoms with Gasteiger partial charge in [-0.3, -0.25) is 0 Å². The van der Waals surface area contributed by atoms with Crippen molar-refractivity contribution < 1.29 is 9.53 Å². The number of methoxy groups -OCH3 is 1. The second-order valence-corrected chi connectivity index (χ2v) is 4.47. The number of esters is 1. The van der Waals surface area contributed by atoms with Crippen LogP contribution in [0.1, 0.15) is 29.8 Å². The van der Waals surface area contributed by atoms with Crippen molar-refractivity contribution in [2.75, 3.05) is 25.1 Å². The molecule has 1 aromatic heterocycles. The summed E-state index contributed by atoms with van der Waals surface area (Å²) in [5.74, 6) is -0.357. The van der Waals surface area contributed by atoms with Gasteiger partial charge in [-0.2, -0.15) is 0 Å². The number of anilines is 1. The van der Waals surface area contributed by atoms with Crippen LogP contribution in [0.2, 0.25) is 0 Å². The van der Waals surface area contributed by atoms with E-state index in [0.29, 0.717) is 10.3 Å². The molecule has 3 nitrogen and oxygen atoms in total. The Morgan fingerprint density at radius 1 is 1.44 bits per heavy atom. The number of carbonyl (C=O) groups is 1. The van der Waals surface area contributed by atoms with E-state index in [0.717, 1.165) is 23.7 Å². The lowest BCUT2D eigenvalue weighted by Crippen LogP contribution is -2.21. The molecule has 0 saturated carbocycles. The summed E-state index contributed by atoms with van der Waals surface area (Å²) in [6.45, 7) is 7.87. The second-order valence-electron chi connectivity index (χ2n) is 3.44. The van der Waals surface area contributed by atoms with E-state index in [-0.39, 0.29) is 5.97 Å². The van der Waals surface area contributed by atoms with E-state index in [1.165, 1.54) is 18.4 Å². The van der Waals surface area contributed by atoms with E-state index in [2.05, 4.69) is 18.7 Å². The van der Waals surface area contributed by atoms with Crippen molar-refractivity contribution in [3.63, 3.8) is 0 Å². The van der Waals surface area contributed by atoms with Gasteiger partial charge in [0.1, 0.15) is 7.85 Å². The first-order valence-corrected chi connectivity index (χ1v) is 6.10. The highest BCUT2D eigenvalue weighted by atomic mass is 32.1. The summed E-state index contributed by atoms with van der Waals surface area (Å²) >= 11 is 1.44. The molecule has 0 fully saturated rings. The van der Waals surface area contributed by atoms with Crippen LogP contribution >= 0.6 is 11.3 Å². The van der Waals surface area contributed by atoms with Gasteiger partial charge in [-0.1, -0.05) is 0 Å². The monoisotopic (exact) mass is 237 g/mol. The molecule has 0 aromatic carbocycles. The molecule has 5 heteroatoms. The molecule has 0 unspecified atom stereocenters. The van der Waals surface area contributed by atoms with Gasteiger partial charge in [0.05, 0.1) is 17.7 Å². The Kier molecular flexibility index (Phi) is 4.41. The van der Waals surface area contributed by atoms with Gasteiger partial charge in [0.2, 0.25) is 0 Å². The normalized spacial score (nSPS) is 10.2. The predicted molar refractivity (Wildman–Crippen MR) is 69.3 cm³/mol. The molecule has 0 amide bonds. The first-order chi connectivity index (χ1) is 7.56. The van der Waals surface area contributed by atoms with Crippen molar-refractivity contribution in [2.45, 2.75) is 20.8 Å². The summed E-state index contributed by atoms with van der Waals surface area (Å²) in [5.41, 5.74) is 1.42. The highest BCUT2D eigenvalue weighted by molar-refractivity contribution is 7.24. The minimum Gasteiger partial charge on any atom is -0.465 e. The molecule has 0 saturated heterocycles. The lowest BCUT2D eigenvalue weighted by atomic mass is 9.99. The van der Waals surface area contributed by atoms with E-state index in [1.807, 2.05) is 6.92 Å². The molecular weight excluding hydrogens is 221 g/mol. The quantitative estimate of drug-likeness (QED) is 0.586. The number of hydrogen-bond donors (Lipinski definition) is 0. The largest absolute Gasteiger partial charge is 0.465 e. The Bertz CT molecular complexity index is 386. The molecule has 1 rings (SSSR count). The van der Waals surface area contributed by atoms with Gasteiger partial charge in [-0.25, -0.2) is 4.79 Å². The lowest BCUT2D eigenvalue weighted by Gasteiger charge is -2.20. The highest BCUT2D eigenvalue weighted by Crippen LogP contribution is 2.28. The van der Waals surface area contributed by atoms with Gasteiger partial charge >= 0.3 is 5.97 Å². The Morgan fingerprint density at radius 3 is 2.44 bits per heavy atom. The highest BCUT2D eigenvalue weighted by Gasteiger charge is 2.20. The van der Waals surface area contributed by atoms with Gasteiger partial charge in [0.25, 0.3) is 0 Å². The lowest BCUT2D eigenvalue weighted by molar-refractivity contribution is 0.0602. The summed E-state index contributed by atoms with van der Waals surface area (Å²) in [6.07, 6.45) is 0. The number of hydrogen-bond acceptors (Lipinski definition) is 4. The smallest absolute Gasteiger partial charge is 0.338 e. The maximum atomic E-state index is 11.6. The Balaban J connectivity index is 3.20. The minimum atomic E-state index is -0.357. The number of carbonyl (C=O) groups excluding carboxylic acids is 1. The Morgan fingerprint density at radius 2 is 2.00 bits per heavy atom. The second kappa shape index (κ2) is 5.39. The molecule has 0 atom stereocenters. The predicted octanol–water partition coefficient (Wildman–Crippen LogP) is 1.48. The molecule has 1 heterocycles. The molecule has 0 N–H and O–H groups in total. The van der Waals surface area contributed by atoms with Crippen molar-refractivity contribution in [3.05, 3.63) is 11.1 Å². The number of rotatable bonds is 4. The zero-order chi connectivity index (χ0) is 12.3. The van der Waals surface area contributed by atoms with Crippen LogP contribution in [0.25, 0.3) is 0 Å². The van der Waals surface area contributed by atoms with Crippen molar-refractivity contribution >= 4 is 34.9 Å². The summed E-state index contributed by atoms with van der Waals surface area (Å²) < 4.78 is 5.26. The zero-order valence-electron chi connectivity index (χ0n) is 10.2. The standard InChI is InChI=1S/C11H16BNO2S/c1-5-13(6-2)10-7(3)8(9(12)16-10)11(14)15-4/h5-6H2,1-4H3. The van der Waals surface area contributed by atoms with Crippen LogP contribution in [0.3, 0.4) is 0 Å². The molecule has 1 aromatic rings. The van der Waals surface area contributed by atoms with Crippen molar-refractivity contribution in [1.82, 2.24) is 0 Å². The molecular formula is C11H16BNO2S. The molecule has 2 radical (unpaired) electrons. The summed E-state index contributed by atoms with van der Waals surface area (Å²) in [6, 6.07) is 0. The third-order valence-corrected chi connectivity index (χ3v) is 3.77. The molecule has 0 aliphatic heterocycles. The topological polar surface area (TPSA) is 29.5 Å². The van der Waals surface area contributed by atoms with Crippen molar-refractivity contribution in [1.29, 1.82) is 0 Å². The van der Waals surface area contributed by atoms with Gasteiger partial charge in [0.15, 0.2) is 0 Å². The summed E-state index contributed by atoms with van der Waals surface area (Å²) in [7, 11) is 7.23. The molecule has 16 heavy (non-hydrogen) atoms. The van der Waals surface area contributed by atoms with Crippen LogP contribution in [0.5, 0.6) is 0 Å². The van der Waals surface area contributed by atoms with Gasteiger partial charge in [-0.15, -0.1) is 11.3 Å². The van der Waals surface area contributed by atoms with Crippen LogP contribution < -0.4 is 9.68 Å². The average Bonchev–Trinajstić information content (AvgIpc) is 2.56. The molecule has 0 bridgehead atoms. The van der Waals surface area contributed by atoms with Crippen LogP contribution in [0.15, 0.2) is 0 Å². The third kappa shape index (κ3) is 2.24. The van der Waals surface area contributed by atoms with Crippen LogP contribution in [0.4, 0.5) is 5.00 Å². The summed E-state index contributed by atoms with van der Waals surface area (Å²) in [5, 5.41) is 1.06. The van der Waals surface area contributed by atoms with E-state index < -0.39 is 0 Å². The zero-order valence-corrected chi connectivity index (χ0v) is 11.0. The van der Waals surface area contributed by atoms with Crippen molar-refractivity contribution in [3.8, 4) is 0 Å². The van der Waals surface area contributed by atoms with Crippen molar-refractivity contribution in [2.24, 2.45) is 0 Å². The van der Waals surface area contributed by atoms with E-state index in [1.54, 1.807) is 0 Å². The van der Waals surface area contributed by atoms with E-state index >= 15 is 0 Å². The maximum Gasteiger partial charge on any atom is 0.338 e. The fourth-order valence-corrected chi connectivity index (χ4v) is 2.88. The summed E-state index contributed by atoms with van der Waals surface area (Å²) in [4.78, 5) is 13.7. The molecule has 0 aliphatic carbocycles. The Labute approximate surface area is 102 Å². The SMILES string of the molecule is [B]c1sc(N(CC)CC)c(C)c1C(=O)OC. The first kappa shape index (κ1) is 13.1. The fraction of sp³-hybridized carbons (Fsp3) is 0.545. The van der Waals surface area contributed by atoms with Crippen LogP contribution in [-0.2, 0) is 4.74 Å². The fourth-order valence-electron chi connectivity index (χ4n) is 1.69. The Hall–Kier alpha value is -0.965. The van der Waals surface area contributed by atoms with E-state index in [9.17, 15) is 4.79 Å². The van der Waals surface area contributed by atoms with Crippen LogP contribution in [0, 0.1) is 6.92 Å². The van der Waals surface area contributed by atoms with Gasteiger partial charge < -0.3 is 9.64 Å².